The van der Waals surface area contributed by atoms with Crippen molar-refractivity contribution in [2.45, 2.75) is 19.4 Å². The molecule has 9 nitrogen and oxygen atoms in total. The van der Waals surface area contributed by atoms with E-state index in [4.69, 9.17) is 27.8 Å². The fourth-order valence-electron chi connectivity index (χ4n) is 3.69. The van der Waals surface area contributed by atoms with Crippen LogP contribution >= 0.6 is 72.8 Å². The van der Waals surface area contributed by atoms with Gasteiger partial charge in [0.05, 0.1) is 26.8 Å². The number of primary amides is 1. The Labute approximate surface area is 264 Å². The Morgan fingerprint density at radius 2 is 1.88 bits per heavy atom. The molecule has 0 unspecified atom stereocenters. The minimum Gasteiger partial charge on any atom is -0.455 e. The molecule has 1 amide bonds. The van der Waals surface area contributed by atoms with Gasteiger partial charge in [0.15, 0.2) is 5.82 Å². The van der Waals surface area contributed by atoms with Gasteiger partial charge >= 0.3 is 0 Å². The van der Waals surface area contributed by atoms with Crippen molar-refractivity contribution in [3.05, 3.63) is 66.2 Å². The molecule has 2 aromatic carbocycles. The van der Waals surface area contributed by atoms with E-state index in [1.54, 1.807) is 6.20 Å². The predicted molar refractivity (Wildman–Crippen MR) is 172 cm³/mol. The van der Waals surface area contributed by atoms with E-state index in [0.717, 1.165) is 45.4 Å². The second-order valence-electron chi connectivity index (χ2n) is 8.30. The van der Waals surface area contributed by atoms with Gasteiger partial charge in [-0.1, -0.05) is 17.7 Å². The van der Waals surface area contributed by atoms with Crippen LogP contribution < -0.4 is 21.5 Å². The topological polar surface area (TPSA) is 134 Å². The first-order chi connectivity index (χ1) is 17.5. The molecule has 1 saturated carbocycles. The Balaban J connectivity index is 0.000000715. The lowest BCUT2D eigenvalue weighted by atomic mass is 10.2. The van der Waals surface area contributed by atoms with Gasteiger partial charge in [0.25, 0.3) is 0 Å². The third kappa shape index (κ3) is 8.23. The Hall–Kier alpha value is -2.57. The van der Waals surface area contributed by atoms with Crippen molar-refractivity contribution in [1.82, 2.24) is 18.9 Å². The number of fused-ring (bicyclic) bond motifs is 2. The summed E-state index contributed by atoms with van der Waals surface area (Å²) in [6.45, 7) is 1.21. The zero-order valence-corrected chi connectivity index (χ0v) is 25.7. The van der Waals surface area contributed by atoms with Crippen molar-refractivity contribution in [3.63, 3.8) is 0 Å². The molecule has 3 aromatic heterocycles. The summed E-state index contributed by atoms with van der Waals surface area (Å²) >= 11 is 7.95. The molecule has 0 atom stereocenters. The van der Waals surface area contributed by atoms with Crippen LogP contribution in [0.25, 0.3) is 21.1 Å². The molecular formula is C25H28Cl5N7O2S. The van der Waals surface area contributed by atoms with E-state index in [0.29, 0.717) is 29.7 Å². The molecule has 0 spiro atoms. The number of carbonyl (C=O) groups excluding carboxylic acids is 1. The monoisotopic (exact) mass is 665 g/mol. The van der Waals surface area contributed by atoms with Crippen LogP contribution in [0.2, 0.25) is 5.02 Å². The Kier molecular flexibility index (Phi) is 14.2. The minimum absolute atomic E-state index is 0. The molecule has 3 heterocycles. The maximum Gasteiger partial charge on any atom is 0.220 e. The zero-order valence-electron chi connectivity index (χ0n) is 20.9. The summed E-state index contributed by atoms with van der Waals surface area (Å²) in [6, 6.07) is 13.4. The number of aromatic nitrogens is 4. The van der Waals surface area contributed by atoms with Gasteiger partial charge in [-0.05, 0) is 60.8 Å². The van der Waals surface area contributed by atoms with Crippen molar-refractivity contribution in [3.8, 4) is 11.5 Å². The highest BCUT2D eigenvalue weighted by atomic mass is 35.5. The second-order valence-corrected chi connectivity index (χ2v) is 9.54. The van der Waals surface area contributed by atoms with E-state index in [1.807, 2.05) is 53.2 Å². The van der Waals surface area contributed by atoms with Crippen molar-refractivity contribution < 1.29 is 9.53 Å². The predicted octanol–water partition coefficient (Wildman–Crippen LogP) is 6.76. The van der Waals surface area contributed by atoms with Crippen LogP contribution in [-0.4, -0.2) is 31.4 Å². The molecule has 0 bridgehead atoms. The van der Waals surface area contributed by atoms with E-state index in [2.05, 4.69) is 19.7 Å². The number of rotatable bonds is 7. The standard InChI is InChI=1S/C21H17ClN6OS.C4H7NO.4ClH/c22-15-10-13(27-21-20-16(24-12-25-21)6-8-28(20)9-7-23)4-5-18(15)29-17-2-1-3-19-14(17)11-26-30-19;5-4(6)3-1-2-3;;;;/h1-6,8,10-12H,7,9,23H2,(H,24,25,27);3H,1-2H2,(H2,5,6);4*1H. The van der Waals surface area contributed by atoms with Gasteiger partial charge in [-0.15, -0.1) is 49.6 Å². The highest BCUT2D eigenvalue weighted by Gasteiger charge is 2.26. The average molecular weight is 668 g/mol. The molecule has 1 aliphatic rings. The fourth-order valence-corrected chi connectivity index (χ4v) is 4.57. The van der Waals surface area contributed by atoms with Crippen LogP contribution in [0.1, 0.15) is 12.8 Å². The number of amides is 1. The smallest absolute Gasteiger partial charge is 0.220 e. The van der Waals surface area contributed by atoms with Gasteiger partial charge in [-0.2, -0.15) is 4.37 Å². The molecule has 40 heavy (non-hydrogen) atoms. The average Bonchev–Trinajstić information content (AvgIpc) is 3.48. The maximum atomic E-state index is 9.98. The van der Waals surface area contributed by atoms with Crippen LogP contribution in [0.5, 0.6) is 11.5 Å². The number of nitrogens with one attached hydrogen (secondary N) is 1. The number of ether oxygens (including phenoxy) is 1. The van der Waals surface area contributed by atoms with Crippen LogP contribution in [0.3, 0.4) is 0 Å². The number of benzene rings is 2. The molecule has 1 fully saturated rings. The number of carbonyl (C=O) groups is 1. The first-order valence-electron chi connectivity index (χ1n) is 11.4. The molecular weight excluding hydrogens is 640 g/mol. The van der Waals surface area contributed by atoms with Gasteiger partial charge in [0, 0.05) is 30.9 Å². The highest BCUT2D eigenvalue weighted by Crippen LogP contribution is 2.36. The molecule has 5 aromatic rings. The van der Waals surface area contributed by atoms with Crippen LogP contribution in [-0.2, 0) is 11.3 Å². The number of anilines is 2. The molecule has 0 aliphatic heterocycles. The molecule has 0 radical (unpaired) electrons. The summed E-state index contributed by atoms with van der Waals surface area (Å²) in [6.07, 6.45) is 7.34. The number of halogens is 5. The summed E-state index contributed by atoms with van der Waals surface area (Å²) in [5, 5.41) is 4.78. The number of nitrogens with zero attached hydrogens (tertiary/aromatic N) is 4. The van der Waals surface area contributed by atoms with Crippen molar-refractivity contribution in [2.24, 2.45) is 17.4 Å². The lowest BCUT2D eigenvalue weighted by Crippen LogP contribution is -2.11. The van der Waals surface area contributed by atoms with Gasteiger partial charge < -0.3 is 26.1 Å². The number of hydrogen-bond donors (Lipinski definition) is 3. The fraction of sp³-hybridized carbons (Fsp3) is 0.200. The third-order valence-corrected chi connectivity index (χ3v) is 6.73. The summed E-state index contributed by atoms with van der Waals surface area (Å²) in [7, 11) is 0. The summed E-state index contributed by atoms with van der Waals surface area (Å²) in [5.74, 6) is 2.10. The molecule has 1 aliphatic carbocycles. The van der Waals surface area contributed by atoms with Gasteiger partial charge in [-0.25, -0.2) is 9.97 Å². The molecule has 6 rings (SSSR count). The largest absolute Gasteiger partial charge is 0.455 e. The first kappa shape index (κ1) is 35.5. The Morgan fingerprint density at radius 3 is 2.52 bits per heavy atom. The van der Waals surface area contributed by atoms with Crippen LogP contribution in [0.15, 0.2) is 61.2 Å². The maximum absolute atomic E-state index is 9.98. The van der Waals surface area contributed by atoms with E-state index in [-0.39, 0.29) is 61.5 Å². The lowest BCUT2D eigenvalue weighted by molar-refractivity contribution is -0.119. The van der Waals surface area contributed by atoms with E-state index in [1.165, 1.54) is 17.9 Å². The molecule has 15 heteroatoms. The summed E-state index contributed by atoms with van der Waals surface area (Å²) in [4.78, 5) is 18.7. The van der Waals surface area contributed by atoms with E-state index < -0.39 is 0 Å². The van der Waals surface area contributed by atoms with Gasteiger partial charge in [-0.3, -0.25) is 4.79 Å². The lowest BCUT2D eigenvalue weighted by Gasteiger charge is -2.12. The number of hydrogen-bond acceptors (Lipinski definition) is 8. The SMILES string of the molecule is Cl.Cl.Cl.Cl.NC(=O)C1CC1.NCCn1ccc2ncnc(Nc3ccc(Oc4cccc5sncc45)c(Cl)c3)c21. The third-order valence-electron chi connectivity index (χ3n) is 5.67. The van der Waals surface area contributed by atoms with Crippen molar-refractivity contribution >= 4 is 111 Å². The number of nitrogens with two attached hydrogens (primary N) is 2. The van der Waals surface area contributed by atoms with E-state index in [9.17, 15) is 4.79 Å². The quantitative estimate of drug-likeness (QED) is 0.175. The normalized spacial score (nSPS) is 11.6. The summed E-state index contributed by atoms with van der Waals surface area (Å²) < 4.78 is 13.4. The van der Waals surface area contributed by atoms with E-state index >= 15 is 0 Å². The minimum atomic E-state index is -0.130. The second kappa shape index (κ2) is 16.0. The summed E-state index contributed by atoms with van der Waals surface area (Å²) in [5.41, 5.74) is 13.1. The van der Waals surface area contributed by atoms with Crippen molar-refractivity contribution in [1.29, 1.82) is 0 Å². The van der Waals surface area contributed by atoms with Crippen LogP contribution in [0.4, 0.5) is 11.5 Å². The Morgan fingerprint density at radius 1 is 1.10 bits per heavy atom. The van der Waals surface area contributed by atoms with Crippen molar-refractivity contribution in [2.75, 3.05) is 11.9 Å². The Bertz CT molecular complexity index is 1540. The molecule has 216 valence electrons. The van der Waals surface area contributed by atoms with Gasteiger partial charge in [0.1, 0.15) is 23.3 Å². The first-order valence-corrected chi connectivity index (χ1v) is 12.6. The molecule has 0 saturated heterocycles. The molecule has 5 N–H and O–H groups in total. The van der Waals surface area contributed by atoms with Gasteiger partial charge in [0.2, 0.25) is 5.91 Å². The zero-order chi connectivity index (χ0) is 25.1. The highest BCUT2D eigenvalue weighted by molar-refractivity contribution is 7.13. The van der Waals surface area contributed by atoms with Crippen LogP contribution in [0, 0.1) is 5.92 Å².